The van der Waals surface area contributed by atoms with Crippen molar-refractivity contribution in [2.75, 3.05) is 4.90 Å². The molecule has 3 nitrogen and oxygen atoms in total. The Kier molecular flexibility index (Phi) is 3.84. The molecule has 1 amide bonds. The smallest absolute Gasteiger partial charge is 0.249 e. The summed E-state index contributed by atoms with van der Waals surface area (Å²) >= 11 is 0. The van der Waals surface area contributed by atoms with Gasteiger partial charge in [0.15, 0.2) is 0 Å². The van der Waals surface area contributed by atoms with Crippen molar-refractivity contribution in [1.29, 1.82) is 5.26 Å². The molecule has 0 radical (unpaired) electrons. The van der Waals surface area contributed by atoms with Crippen LogP contribution < -0.4 is 15.3 Å². The first-order valence-electron chi connectivity index (χ1n) is 9.43. The average molecular weight is 362 g/mol. The second-order valence-corrected chi connectivity index (χ2v) is 7.22. The lowest BCUT2D eigenvalue weighted by Crippen LogP contribution is -2.33. The molecule has 2 aliphatic rings. The van der Waals surface area contributed by atoms with E-state index in [4.69, 9.17) is 0 Å². The summed E-state index contributed by atoms with van der Waals surface area (Å²) < 4.78 is 0. The van der Waals surface area contributed by atoms with Gasteiger partial charge in [-0.2, -0.15) is 5.26 Å². The minimum Gasteiger partial charge on any atom is -0.300 e. The number of nitrogens with zero attached hydrogens (tertiary/aromatic N) is 2. The third-order valence-corrected chi connectivity index (χ3v) is 5.60. The third kappa shape index (κ3) is 2.46. The van der Waals surface area contributed by atoms with Crippen molar-refractivity contribution in [1.82, 2.24) is 0 Å². The van der Waals surface area contributed by atoms with E-state index in [-0.39, 0.29) is 11.9 Å². The first-order chi connectivity index (χ1) is 13.8. The first-order valence-corrected chi connectivity index (χ1v) is 9.43. The molecular weight excluding hydrogens is 344 g/mol. The van der Waals surface area contributed by atoms with Crippen LogP contribution in [0.25, 0.3) is 11.6 Å². The number of nitriles is 1. The molecule has 1 aliphatic carbocycles. The highest BCUT2D eigenvalue weighted by atomic mass is 16.2. The number of benzene rings is 3. The van der Waals surface area contributed by atoms with Gasteiger partial charge in [0.2, 0.25) is 5.91 Å². The molecule has 2 atom stereocenters. The van der Waals surface area contributed by atoms with Crippen LogP contribution in [0.2, 0.25) is 0 Å². The number of rotatable bonds is 3. The SMILES string of the molecule is N#CC1C(=O)N(c2ccccc2)C2C=c3cccc(Cc4ccccc4)c3=C12. The highest BCUT2D eigenvalue weighted by Gasteiger charge is 2.46. The molecule has 0 aromatic heterocycles. The monoisotopic (exact) mass is 362 g/mol. The maximum Gasteiger partial charge on any atom is 0.249 e. The number of fused-ring (bicyclic) bond motifs is 2. The lowest BCUT2D eigenvalue weighted by Gasteiger charge is -2.21. The van der Waals surface area contributed by atoms with Crippen molar-refractivity contribution >= 4 is 23.2 Å². The van der Waals surface area contributed by atoms with Gasteiger partial charge in [-0.05, 0) is 51.8 Å². The largest absolute Gasteiger partial charge is 0.300 e. The van der Waals surface area contributed by atoms with Crippen LogP contribution in [-0.2, 0) is 11.2 Å². The molecule has 1 fully saturated rings. The summed E-state index contributed by atoms with van der Waals surface area (Å²) in [6.07, 6.45) is 2.91. The van der Waals surface area contributed by atoms with E-state index < -0.39 is 5.92 Å². The van der Waals surface area contributed by atoms with Gasteiger partial charge in [-0.1, -0.05) is 66.7 Å². The Labute approximate surface area is 163 Å². The topological polar surface area (TPSA) is 44.1 Å². The summed E-state index contributed by atoms with van der Waals surface area (Å²) in [6, 6.07) is 28.3. The molecule has 3 heteroatoms. The van der Waals surface area contributed by atoms with Crippen LogP contribution in [0.1, 0.15) is 11.1 Å². The van der Waals surface area contributed by atoms with Crippen molar-refractivity contribution in [2.45, 2.75) is 12.5 Å². The molecule has 28 heavy (non-hydrogen) atoms. The summed E-state index contributed by atoms with van der Waals surface area (Å²) in [6.45, 7) is 0. The summed E-state index contributed by atoms with van der Waals surface area (Å²) in [7, 11) is 0. The number of hydrogen-bond donors (Lipinski definition) is 0. The normalized spacial score (nSPS) is 19.8. The van der Waals surface area contributed by atoms with Gasteiger partial charge in [-0.15, -0.1) is 0 Å². The zero-order valence-electron chi connectivity index (χ0n) is 15.2. The van der Waals surface area contributed by atoms with Gasteiger partial charge >= 0.3 is 0 Å². The fraction of sp³-hybridized carbons (Fsp3) is 0.120. The van der Waals surface area contributed by atoms with E-state index in [9.17, 15) is 10.1 Å². The van der Waals surface area contributed by atoms with Crippen LogP contribution in [-0.4, -0.2) is 11.9 Å². The van der Waals surface area contributed by atoms with Crippen molar-refractivity contribution in [3.8, 4) is 6.07 Å². The van der Waals surface area contributed by atoms with Gasteiger partial charge in [0.25, 0.3) is 0 Å². The third-order valence-electron chi connectivity index (χ3n) is 5.60. The molecule has 3 aromatic rings. The lowest BCUT2D eigenvalue weighted by atomic mass is 9.95. The van der Waals surface area contributed by atoms with E-state index in [1.54, 1.807) is 4.90 Å². The van der Waals surface area contributed by atoms with E-state index >= 15 is 0 Å². The number of carbonyl (C=O) groups excluding carboxylic acids is 1. The number of amides is 1. The van der Waals surface area contributed by atoms with E-state index in [1.165, 1.54) is 11.1 Å². The maximum absolute atomic E-state index is 13.1. The number of hydrogen-bond acceptors (Lipinski definition) is 2. The number of anilines is 1. The molecule has 1 aliphatic heterocycles. The van der Waals surface area contributed by atoms with E-state index in [1.807, 2.05) is 48.5 Å². The molecule has 1 saturated heterocycles. The van der Waals surface area contributed by atoms with Gasteiger partial charge < -0.3 is 4.90 Å². The molecule has 5 rings (SSSR count). The summed E-state index contributed by atoms with van der Waals surface area (Å²) in [5, 5.41) is 12.0. The molecule has 3 aromatic carbocycles. The van der Waals surface area contributed by atoms with Crippen LogP contribution in [0, 0.1) is 17.2 Å². The minimum atomic E-state index is -0.736. The molecule has 0 saturated carbocycles. The molecule has 134 valence electrons. The Hall–Kier alpha value is -3.64. The van der Waals surface area contributed by atoms with Crippen LogP contribution in [0.15, 0.2) is 78.9 Å². The summed E-state index contributed by atoms with van der Waals surface area (Å²) in [4.78, 5) is 14.9. The summed E-state index contributed by atoms with van der Waals surface area (Å²) in [5.74, 6) is -0.871. The second-order valence-electron chi connectivity index (χ2n) is 7.22. The predicted molar refractivity (Wildman–Crippen MR) is 110 cm³/mol. The van der Waals surface area contributed by atoms with Crippen LogP contribution in [0.5, 0.6) is 0 Å². The van der Waals surface area contributed by atoms with E-state index in [2.05, 4.69) is 42.5 Å². The Morgan fingerprint density at radius 1 is 0.893 bits per heavy atom. The summed E-state index contributed by atoms with van der Waals surface area (Å²) in [5.41, 5.74) is 4.15. The minimum absolute atomic E-state index is 0.134. The molecule has 0 spiro atoms. The molecule has 2 unspecified atom stereocenters. The van der Waals surface area contributed by atoms with E-state index in [0.717, 1.165) is 28.1 Å². The van der Waals surface area contributed by atoms with Crippen molar-refractivity contribution in [3.05, 3.63) is 100 Å². The first kappa shape index (κ1) is 16.5. The Morgan fingerprint density at radius 2 is 1.61 bits per heavy atom. The van der Waals surface area contributed by atoms with E-state index in [0.29, 0.717) is 0 Å². The Balaban J connectivity index is 1.71. The van der Waals surface area contributed by atoms with Crippen molar-refractivity contribution in [2.24, 2.45) is 5.92 Å². The zero-order chi connectivity index (χ0) is 19.1. The highest BCUT2D eigenvalue weighted by molar-refractivity contribution is 6.12. The van der Waals surface area contributed by atoms with Gasteiger partial charge in [0.1, 0.15) is 5.92 Å². The standard InChI is InChI=1S/C25H18N2O/c26-16-21-24-22(27(25(21)28)20-12-5-2-6-13-20)15-19-11-7-10-18(23(19)24)14-17-8-3-1-4-9-17/h1-13,15,21-22H,14H2. The quantitative estimate of drug-likeness (QED) is 0.719. The molecule has 1 heterocycles. The second kappa shape index (κ2) is 6.51. The van der Waals surface area contributed by atoms with Crippen LogP contribution in [0.4, 0.5) is 5.69 Å². The fourth-order valence-electron chi connectivity index (χ4n) is 4.42. The lowest BCUT2D eigenvalue weighted by molar-refractivity contribution is -0.118. The van der Waals surface area contributed by atoms with Crippen molar-refractivity contribution in [3.63, 3.8) is 0 Å². The van der Waals surface area contributed by atoms with Crippen LogP contribution >= 0.6 is 0 Å². The zero-order valence-corrected chi connectivity index (χ0v) is 15.2. The van der Waals surface area contributed by atoms with Crippen molar-refractivity contribution < 1.29 is 4.79 Å². The fourth-order valence-corrected chi connectivity index (χ4v) is 4.42. The van der Waals surface area contributed by atoms with Crippen LogP contribution in [0.3, 0.4) is 0 Å². The van der Waals surface area contributed by atoms with Gasteiger partial charge in [-0.25, -0.2) is 0 Å². The maximum atomic E-state index is 13.1. The number of para-hydroxylation sites is 1. The van der Waals surface area contributed by atoms with Gasteiger partial charge in [0.05, 0.1) is 12.1 Å². The Morgan fingerprint density at radius 3 is 2.32 bits per heavy atom. The number of carbonyl (C=O) groups is 1. The molecule has 0 N–H and O–H groups in total. The highest BCUT2D eigenvalue weighted by Crippen LogP contribution is 2.37. The average Bonchev–Trinajstić information content (AvgIpc) is 3.22. The molecular formula is C25H18N2O. The van der Waals surface area contributed by atoms with Gasteiger partial charge in [-0.3, -0.25) is 4.79 Å². The predicted octanol–water partition coefficient (Wildman–Crippen LogP) is 2.78. The van der Waals surface area contributed by atoms with Gasteiger partial charge in [0, 0.05) is 5.69 Å². The molecule has 0 bridgehead atoms. The Bertz CT molecular complexity index is 1220.